The standard InChI is InChI=1S/C14H5Cl7O3/c15-5-1-2-7(6(16)3-5)23-4-8(22)24-14-12(20)10(18)9(17)11(19)13(14)21/h1-3H,4H2. The Morgan fingerprint density at radius 3 is 1.92 bits per heavy atom. The van der Waals surface area contributed by atoms with E-state index in [1.165, 1.54) is 12.1 Å². The number of carbonyl (C=O) groups excluding carboxylic acids is 1. The molecule has 0 bridgehead atoms. The molecule has 3 nitrogen and oxygen atoms in total. The van der Waals surface area contributed by atoms with Crippen LogP contribution in [-0.2, 0) is 4.79 Å². The van der Waals surface area contributed by atoms with Gasteiger partial charge in [-0.25, -0.2) is 4.79 Å². The monoisotopic (exact) mass is 466 g/mol. The Labute approximate surface area is 172 Å². The van der Waals surface area contributed by atoms with Gasteiger partial charge in [0, 0.05) is 5.02 Å². The molecule has 128 valence electrons. The van der Waals surface area contributed by atoms with Crippen molar-refractivity contribution in [2.24, 2.45) is 0 Å². The molecule has 0 aliphatic heterocycles. The van der Waals surface area contributed by atoms with E-state index >= 15 is 0 Å². The number of esters is 1. The Morgan fingerprint density at radius 2 is 1.38 bits per heavy atom. The fourth-order valence-electron chi connectivity index (χ4n) is 1.55. The number of halogens is 7. The van der Waals surface area contributed by atoms with Crippen LogP contribution in [0.15, 0.2) is 18.2 Å². The van der Waals surface area contributed by atoms with Crippen LogP contribution in [0.1, 0.15) is 0 Å². The Kier molecular flexibility index (Phi) is 7.03. The smallest absolute Gasteiger partial charge is 0.349 e. The van der Waals surface area contributed by atoms with Gasteiger partial charge in [-0.05, 0) is 18.2 Å². The van der Waals surface area contributed by atoms with Crippen molar-refractivity contribution < 1.29 is 14.3 Å². The van der Waals surface area contributed by atoms with Gasteiger partial charge in [0.15, 0.2) is 12.4 Å². The van der Waals surface area contributed by atoms with E-state index in [0.717, 1.165) is 0 Å². The van der Waals surface area contributed by atoms with E-state index in [1.54, 1.807) is 6.07 Å². The third kappa shape index (κ3) is 4.47. The zero-order valence-corrected chi connectivity index (χ0v) is 16.6. The molecule has 2 aromatic rings. The van der Waals surface area contributed by atoms with Crippen molar-refractivity contribution in [1.29, 1.82) is 0 Å². The van der Waals surface area contributed by atoms with Crippen LogP contribution in [0.2, 0.25) is 35.2 Å². The van der Waals surface area contributed by atoms with Crippen LogP contribution in [-0.4, -0.2) is 12.6 Å². The first-order chi connectivity index (χ1) is 11.2. The molecule has 0 aliphatic carbocycles. The number of benzene rings is 2. The molecule has 0 spiro atoms. The molecule has 0 aliphatic rings. The van der Waals surface area contributed by atoms with E-state index in [0.29, 0.717) is 5.02 Å². The van der Waals surface area contributed by atoms with E-state index in [9.17, 15) is 4.79 Å². The average Bonchev–Trinajstić information content (AvgIpc) is 2.54. The van der Waals surface area contributed by atoms with Crippen molar-refractivity contribution in [3.63, 3.8) is 0 Å². The van der Waals surface area contributed by atoms with Crippen LogP contribution < -0.4 is 9.47 Å². The number of ether oxygens (including phenoxy) is 2. The summed E-state index contributed by atoms with van der Waals surface area (Å²) in [6.07, 6.45) is 0. The molecule has 0 radical (unpaired) electrons. The zero-order chi connectivity index (χ0) is 18.0. The third-order valence-corrected chi connectivity index (χ3v) is 5.40. The predicted octanol–water partition coefficient (Wildman–Crippen LogP) is 7.24. The highest BCUT2D eigenvalue weighted by molar-refractivity contribution is 6.55. The van der Waals surface area contributed by atoms with E-state index < -0.39 is 12.6 Å². The van der Waals surface area contributed by atoms with Crippen molar-refractivity contribution in [2.75, 3.05) is 6.61 Å². The van der Waals surface area contributed by atoms with Gasteiger partial charge in [-0.1, -0.05) is 81.2 Å². The molecule has 0 amide bonds. The van der Waals surface area contributed by atoms with Crippen LogP contribution in [0.4, 0.5) is 0 Å². The van der Waals surface area contributed by atoms with Gasteiger partial charge in [-0.3, -0.25) is 0 Å². The van der Waals surface area contributed by atoms with Crippen molar-refractivity contribution >= 4 is 87.2 Å². The van der Waals surface area contributed by atoms with E-state index in [-0.39, 0.29) is 41.6 Å². The summed E-state index contributed by atoms with van der Waals surface area (Å²) in [7, 11) is 0. The van der Waals surface area contributed by atoms with Crippen LogP contribution in [0.3, 0.4) is 0 Å². The Bertz CT molecular complexity index is 778. The fraction of sp³-hybridized carbons (Fsp3) is 0.0714. The van der Waals surface area contributed by atoms with Crippen molar-refractivity contribution in [1.82, 2.24) is 0 Å². The lowest BCUT2D eigenvalue weighted by Gasteiger charge is -2.13. The summed E-state index contributed by atoms with van der Waals surface area (Å²) in [6, 6.07) is 4.53. The molecular formula is C14H5Cl7O3. The number of carbonyl (C=O) groups is 1. The minimum absolute atomic E-state index is 0.0441. The maximum atomic E-state index is 11.9. The van der Waals surface area contributed by atoms with Gasteiger partial charge < -0.3 is 9.47 Å². The molecule has 0 unspecified atom stereocenters. The van der Waals surface area contributed by atoms with E-state index in [1.807, 2.05) is 0 Å². The van der Waals surface area contributed by atoms with Crippen molar-refractivity contribution in [3.8, 4) is 11.5 Å². The SMILES string of the molecule is O=C(COc1ccc(Cl)cc1Cl)Oc1c(Cl)c(Cl)c(Cl)c(Cl)c1Cl. The van der Waals surface area contributed by atoms with Gasteiger partial charge in [0.25, 0.3) is 0 Å². The maximum Gasteiger partial charge on any atom is 0.349 e. The molecule has 0 fully saturated rings. The molecule has 2 aromatic carbocycles. The molecule has 0 N–H and O–H groups in total. The minimum Gasteiger partial charge on any atom is -0.480 e. The van der Waals surface area contributed by atoms with Crippen molar-refractivity contribution in [2.45, 2.75) is 0 Å². The quantitative estimate of drug-likeness (QED) is 0.205. The van der Waals surface area contributed by atoms with Gasteiger partial charge in [0.05, 0.1) is 20.1 Å². The molecular weight excluding hydrogens is 464 g/mol. The second-order valence-corrected chi connectivity index (χ2v) is 6.97. The molecule has 0 saturated heterocycles. The Hall–Kier alpha value is -0.260. The lowest BCUT2D eigenvalue weighted by atomic mass is 10.3. The lowest BCUT2D eigenvalue weighted by Crippen LogP contribution is -2.18. The first-order valence-electron chi connectivity index (χ1n) is 6.02. The molecule has 0 heterocycles. The van der Waals surface area contributed by atoms with Crippen molar-refractivity contribution in [3.05, 3.63) is 53.4 Å². The van der Waals surface area contributed by atoms with Crippen LogP contribution in [0, 0.1) is 0 Å². The van der Waals surface area contributed by atoms with E-state index in [2.05, 4.69) is 0 Å². The minimum atomic E-state index is -0.806. The molecule has 0 saturated carbocycles. The highest BCUT2D eigenvalue weighted by Crippen LogP contribution is 2.48. The molecule has 24 heavy (non-hydrogen) atoms. The van der Waals surface area contributed by atoms with Gasteiger partial charge in [-0.2, -0.15) is 0 Å². The number of hydrogen-bond acceptors (Lipinski definition) is 3. The summed E-state index contributed by atoms with van der Waals surface area (Å²) >= 11 is 41.3. The van der Waals surface area contributed by atoms with E-state index in [4.69, 9.17) is 90.7 Å². The summed E-state index contributed by atoms with van der Waals surface area (Å²) < 4.78 is 10.3. The summed E-state index contributed by atoms with van der Waals surface area (Å²) in [5.41, 5.74) is 0. The van der Waals surface area contributed by atoms with Crippen LogP contribution >= 0.6 is 81.2 Å². The first-order valence-corrected chi connectivity index (χ1v) is 8.67. The fourth-order valence-corrected chi connectivity index (χ4v) is 3.21. The van der Waals surface area contributed by atoms with Gasteiger partial charge in [-0.15, -0.1) is 0 Å². The number of rotatable bonds is 4. The van der Waals surface area contributed by atoms with Crippen LogP contribution in [0.5, 0.6) is 11.5 Å². The highest BCUT2D eigenvalue weighted by Gasteiger charge is 2.22. The molecule has 0 aromatic heterocycles. The summed E-state index contributed by atoms with van der Waals surface area (Å²) in [5, 5.41) is 0.164. The lowest BCUT2D eigenvalue weighted by molar-refractivity contribution is -0.136. The first kappa shape index (κ1) is 20.1. The summed E-state index contributed by atoms with van der Waals surface area (Å²) in [6.45, 7) is -0.466. The Balaban J connectivity index is 2.13. The highest BCUT2D eigenvalue weighted by atomic mass is 35.5. The second kappa shape index (κ2) is 8.41. The average molecular weight is 469 g/mol. The third-order valence-electron chi connectivity index (χ3n) is 2.62. The molecule has 0 atom stereocenters. The zero-order valence-electron chi connectivity index (χ0n) is 11.3. The number of hydrogen-bond donors (Lipinski definition) is 0. The van der Waals surface area contributed by atoms with Gasteiger partial charge in [0.1, 0.15) is 15.8 Å². The normalized spacial score (nSPS) is 10.6. The predicted molar refractivity (Wildman–Crippen MR) is 99.1 cm³/mol. The molecule has 10 heteroatoms. The second-order valence-electron chi connectivity index (χ2n) is 4.24. The summed E-state index contributed by atoms with van der Waals surface area (Å²) in [4.78, 5) is 11.9. The summed E-state index contributed by atoms with van der Waals surface area (Å²) in [5.74, 6) is -0.768. The molecule has 2 rings (SSSR count). The van der Waals surface area contributed by atoms with Gasteiger partial charge in [0.2, 0.25) is 0 Å². The van der Waals surface area contributed by atoms with Gasteiger partial charge >= 0.3 is 5.97 Å². The van der Waals surface area contributed by atoms with Crippen LogP contribution in [0.25, 0.3) is 0 Å². The Morgan fingerprint density at radius 1 is 0.833 bits per heavy atom. The topological polar surface area (TPSA) is 35.5 Å². The maximum absolute atomic E-state index is 11.9. The largest absolute Gasteiger partial charge is 0.480 e.